The Balaban J connectivity index is 1.92. The minimum absolute atomic E-state index is 0.376. The molecule has 76 valence electrons. The second-order valence-electron chi connectivity index (χ2n) is 5.12. The molecule has 0 aromatic heterocycles. The molecule has 2 aliphatic carbocycles. The average molecular weight is 183 g/mol. The maximum atomic E-state index is 5.90. The van der Waals surface area contributed by atoms with Crippen LogP contribution in [0.25, 0.3) is 0 Å². The summed E-state index contributed by atoms with van der Waals surface area (Å²) in [7, 11) is 1.80. The summed E-state index contributed by atoms with van der Waals surface area (Å²) in [6.07, 6.45) is 5.74. The third kappa shape index (κ3) is 1.75. The molecule has 3 atom stereocenters. The first-order valence-corrected chi connectivity index (χ1v) is 5.42. The van der Waals surface area contributed by atoms with Gasteiger partial charge in [0, 0.05) is 7.11 Å². The normalized spacial score (nSPS) is 44.5. The van der Waals surface area contributed by atoms with Crippen molar-refractivity contribution in [3.63, 3.8) is 0 Å². The van der Waals surface area contributed by atoms with Crippen molar-refractivity contribution in [2.45, 2.75) is 38.7 Å². The molecule has 0 aliphatic heterocycles. The van der Waals surface area contributed by atoms with Gasteiger partial charge in [-0.2, -0.15) is 0 Å². The molecule has 2 nitrogen and oxygen atoms in total. The Morgan fingerprint density at radius 2 is 2.08 bits per heavy atom. The van der Waals surface area contributed by atoms with Gasteiger partial charge in [0.2, 0.25) is 0 Å². The zero-order valence-electron chi connectivity index (χ0n) is 8.75. The molecule has 0 spiro atoms. The molecule has 2 rings (SSSR count). The van der Waals surface area contributed by atoms with Crippen LogP contribution in [0.1, 0.15) is 32.6 Å². The van der Waals surface area contributed by atoms with Crippen LogP contribution in [0.4, 0.5) is 0 Å². The van der Waals surface area contributed by atoms with Gasteiger partial charge in [-0.3, -0.25) is 0 Å². The zero-order chi connectivity index (χ0) is 9.47. The summed E-state index contributed by atoms with van der Waals surface area (Å²) in [6.45, 7) is 3.01. The number of fused-ring (bicyclic) bond motifs is 1. The van der Waals surface area contributed by atoms with Crippen LogP contribution in [0, 0.1) is 17.3 Å². The van der Waals surface area contributed by atoms with Gasteiger partial charge < -0.3 is 10.5 Å². The highest BCUT2D eigenvalue weighted by molar-refractivity contribution is 5.04. The predicted molar refractivity (Wildman–Crippen MR) is 53.4 cm³/mol. The monoisotopic (exact) mass is 183 g/mol. The third-order valence-electron chi connectivity index (χ3n) is 4.02. The van der Waals surface area contributed by atoms with E-state index in [1.54, 1.807) is 7.11 Å². The molecule has 0 heterocycles. The van der Waals surface area contributed by atoms with E-state index in [4.69, 9.17) is 10.5 Å². The average Bonchev–Trinajstić information content (AvgIpc) is 2.75. The van der Waals surface area contributed by atoms with Gasteiger partial charge in [-0.1, -0.05) is 0 Å². The van der Waals surface area contributed by atoms with Gasteiger partial charge in [0.05, 0.1) is 6.10 Å². The molecule has 0 saturated heterocycles. The van der Waals surface area contributed by atoms with Gasteiger partial charge in [0.1, 0.15) is 0 Å². The lowest BCUT2D eigenvalue weighted by Gasteiger charge is -2.31. The standard InChI is InChI=1S/C11H21NO/c1-8(13-2)4-11(7-12)5-9-3-10(9)6-11/h8-10H,3-7,12H2,1-2H3. The first kappa shape index (κ1) is 9.47. The fourth-order valence-electron chi connectivity index (χ4n) is 3.12. The van der Waals surface area contributed by atoms with E-state index in [-0.39, 0.29) is 0 Å². The summed E-state index contributed by atoms with van der Waals surface area (Å²) < 4.78 is 5.33. The van der Waals surface area contributed by atoms with Crippen LogP contribution >= 0.6 is 0 Å². The summed E-state index contributed by atoms with van der Waals surface area (Å²) in [6, 6.07) is 0. The van der Waals surface area contributed by atoms with Gasteiger partial charge in [0.25, 0.3) is 0 Å². The van der Waals surface area contributed by atoms with E-state index in [1.165, 1.54) is 19.3 Å². The Bertz CT molecular complexity index is 183. The summed E-state index contributed by atoms with van der Waals surface area (Å²) in [5.41, 5.74) is 6.33. The number of hydrogen-bond donors (Lipinski definition) is 1. The second-order valence-corrected chi connectivity index (χ2v) is 5.12. The highest BCUT2D eigenvalue weighted by atomic mass is 16.5. The first-order chi connectivity index (χ1) is 6.19. The number of rotatable bonds is 4. The van der Waals surface area contributed by atoms with Crippen LogP contribution in [0.3, 0.4) is 0 Å². The van der Waals surface area contributed by atoms with E-state index >= 15 is 0 Å². The molecule has 0 aromatic rings. The fourth-order valence-corrected chi connectivity index (χ4v) is 3.12. The van der Waals surface area contributed by atoms with Gasteiger partial charge in [-0.25, -0.2) is 0 Å². The maximum absolute atomic E-state index is 5.90. The quantitative estimate of drug-likeness (QED) is 0.721. The van der Waals surface area contributed by atoms with Crippen molar-refractivity contribution < 1.29 is 4.74 Å². The SMILES string of the molecule is COC(C)CC1(CN)CC2CC2C1. The van der Waals surface area contributed by atoms with Crippen molar-refractivity contribution in [1.29, 1.82) is 0 Å². The van der Waals surface area contributed by atoms with Crippen molar-refractivity contribution in [3.8, 4) is 0 Å². The maximum Gasteiger partial charge on any atom is 0.0549 e. The van der Waals surface area contributed by atoms with E-state index in [9.17, 15) is 0 Å². The van der Waals surface area contributed by atoms with Crippen LogP contribution in [0.5, 0.6) is 0 Å². The molecular formula is C11H21NO. The summed E-state index contributed by atoms with van der Waals surface area (Å²) >= 11 is 0. The summed E-state index contributed by atoms with van der Waals surface area (Å²) in [5.74, 6) is 2.04. The van der Waals surface area contributed by atoms with Gasteiger partial charge >= 0.3 is 0 Å². The van der Waals surface area contributed by atoms with Crippen molar-refractivity contribution >= 4 is 0 Å². The largest absolute Gasteiger partial charge is 0.382 e. The molecule has 0 amide bonds. The molecule has 2 aliphatic rings. The third-order valence-corrected chi connectivity index (χ3v) is 4.02. The van der Waals surface area contributed by atoms with Crippen molar-refractivity contribution in [1.82, 2.24) is 0 Å². The van der Waals surface area contributed by atoms with Crippen LogP contribution in [0.2, 0.25) is 0 Å². The number of methoxy groups -OCH3 is 1. The Kier molecular flexibility index (Phi) is 2.37. The van der Waals surface area contributed by atoms with E-state index in [0.29, 0.717) is 11.5 Å². The first-order valence-electron chi connectivity index (χ1n) is 5.42. The van der Waals surface area contributed by atoms with Crippen molar-refractivity contribution in [3.05, 3.63) is 0 Å². The molecule has 0 bridgehead atoms. The lowest BCUT2D eigenvalue weighted by atomic mass is 9.78. The summed E-state index contributed by atoms with van der Waals surface area (Å²) in [5, 5.41) is 0. The lowest BCUT2D eigenvalue weighted by molar-refractivity contribution is 0.0636. The van der Waals surface area contributed by atoms with Crippen LogP contribution in [-0.4, -0.2) is 19.8 Å². The molecular weight excluding hydrogens is 162 g/mol. The lowest BCUT2D eigenvalue weighted by Crippen LogP contribution is -2.32. The molecule has 3 unspecified atom stereocenters. The Morgan fingerprint density at radius 3 is 2.54 bits per heavy atom. The smallest absolute Gasteiger partial charge is 0.0549 e. The van der Waals surface area contributed by atoms with Crippen LogP contribution < -0.4 is 5.73 Å². The fraction of sp³-hybridized carbons (Fsp3) is 1.00. The number of hydrogen-bond acceptors (Lipinski definition) is 2. The molecule has 2 N–H and O–H groups in total. The Labute approximate surface area is 80.8 Å². The predicted octanol–water partition coefficient (Wildman–Crippen LogP) is 1.79. The Hall–Kier alpha value is -0.0800. The van der Waals surface area contributed by atoms with Crippen LogP contribution in [0.15, 0.2) is 0 Å². The molecule has 0 aromatic carbocycles. The zero-order valence-corrected chi connectivity index (χ0v) is 8.75. The van der Waals surface area contributed by atoms with Gasteiger partial charge in [-0.15, -0.1) is 0 Å². The van der Waals surface area contributed by atoms with E-state index in [2.05, 4.69) is 6.92 Å². The van der Waals surface area contributed by atoms with Crippen molar-refractivity contribution in [2.24, 2.45) is 23.0 Å². The molecule has 2 fully saturated rings. The molecule has 2 heteroatoms. The minimum atomic E-state index is 0.376. The number of nitrogens with two attached hydrogens (primary N) is 1. The van der Waals surface area contributed by atoms with Gasteiger partial charge in [0.15, 0.2) is 0 Å². The highest BCUT2D eigenvalue weighted by Gasteiger charge is 2.53. The number of ether oxygens (including phenoxy) is 1. The molecule has 0 radical (unpaired) electrons. The minimum Gasteiger partial charge on any atom is -0.382 e. The molecule has 13 heavy (non-hydrogen) atoms. The van der Waals surface area contributed by atoms with Crippen LogP contribution in [-0.2, 0) is 4.74 Å². The Morgan fingerprint density at radius 1 is 1.46 bits per heavy atom. The highest BCUT2D eigenvalue weighted by Crippen LogP contribution is 2.61. The summed E-state index contributed by atoms with van der Waals surface area (Å²) in [4.78, 5) is 0. The molecule has 2 saturated carbocycles. The van der Waals surface area contributed by atoms with E-state index in [1.807, 2.05) is 0 Å². The van der Waals surface area contributed by atoms with E-state index < -0.39 is 0 Å². The topological polar surface area (TPSA) is 35.2 Å². The second kappa shape index (κ2) is 3.25. The van der Waals surface area contributed by atoms with Gasteiger partial charge in [-0.05, 0) is 56.4 Å². The van der Waals surface area contributed by atoms with Crippen molar-refractivity contribution in [2.75, 3.05) is 13.7 Å². The van der Waals surface area contributed by atoms with E-state index in [0.717, 1.165) is 24.8 Å².